The Labute approximate surface area is 198 Å². The number of hydrogen-bond acceptors (Lipinski definition) is 6. The van der Waals surface area contributed by atoms with Gasteiger partial charge in [0.2, 0.25) is 11.8 Å². The first-order valence-electron chi connectivity index (χ1n) is 12.1. The van der Waals surface area contributed by atoms with Crippen LogP contribution >= 0.6 is 0 Å². The first-order chi connectivity index (χ1) is 16.5. The van der Waals surface area contributed by atoms with E-state index in [1.165, 1.54) is 16.7 Å². The highest BCUT2D eigenvalue weighted by Crippen LogP contribution is 2.36. The van der Waals surface area contributed by atoms with Crippen LogP contribution in [0.15, 0.2) is 30.6 Å². The SMILES string of the molecule is Cc1cncc2c1CN([C@@H]1CCC[C@@H]1Oc1ccc3c(c1)CN(C1CCC(=O)NC1=O)C3=O)C2. The number of aromatic nitrogens is 1. The lowest BCUT2D eigenvalue weighted by Gasteiger charge is -2.29. The van der Waals surface area contributed by atoms with Crippen LogP contribution < -0.4 is 10.1 Å². The number of pyridine rings is 1. The Morgan fingerprint density at radius 2 is 1.91 bits per heavy atom. The number of aryl methyl sites for hydroxylation is 1. The first-order valence-corrected chi connectivity index (χ1v) is 12.1. The van der Waals surface area contributed by atoms with E-state index in [0.29, 0.717) is 24.6 Å². The summed E-state index contributed by atoms with van der Waals surface area (Å²) in [7, 11) is 0. The number of rotatable bonds is 4. The molecular weight excluding hydrogens is 432 g/mol. The third-order valence-corrected chi connectivity index (χ3v) is 7.77. The van der Waals surface area contributed by atoms with Crippen LogP contribution in [0.25, 0.3) is 0 Å². The number of imide groups is 1. The van der Waals surface area contributed by atoms with Crippen LogP contribution in [-0.4, -0.2) is 50.7 Å². The van der Waals surface area contributed by atoms with E-state index in [9.17, 15) is 14.4 Å². The fraction of sp³-hybridized carbons (Fsp3) is 0.462. The van der Waals surface area contributed by atoms with Gasteiger partial charge in [-0.3, -0.25) is 29.6 Å². The van der Waals surface area contributed by atoms with Crippen molar-refractivity contribution < 1.29 is 19.1 Å². The molecule has 1 aliphatic carbocycles. The van der Waals surface area contributed by atoms with Gasteiger partial charge in [-0.1, -0.05) is 0 Å². The van der Waals surface area contributed by atoms with Gasteiger partial charge >= 0.3 is 0 Å². The van der Waals surface area contributed by atoms with Crippen LogP contribution in [0.3, 0.4) is 0 Å². The molecule has 1 unspecified atom stereocenters. The van der Waals surface area contributed by atoms with E-state index in [2.05, 4.69) is 22.1 Å². The quantitative estimate of drug-likeness (QED) is 0.705. The van der Waals surface area contributed by atoms with Crippen molar-refractivity contribution >= 4 is 17.7 Å². The van der Waals surface area contributed by atoms with Gasteiger partial charge in [-0.25, -0.2) is 0 Å². The number of carbonyl (C=O) groups excluding carboxylic acids is 3. The molecule has 3 aliphatic heterocycles. The van der Waals surface area contributed by atoms with Gasteiger partial charge in [0.1, 0.15) is 17.9 Å². The highest BCUT2D eigenvalue weighted by Gasteiger charge is 2.40. The zero-order valence-corrected chi connectivity index (χ0v) is 19.3. The number of nitrogens with zero attached hydrogens (tertiary/aromatic N) is 3. The number of ether oxygens (including phenoxy) is 1. The maximum atomic E-state index is 12.9. The summed E-state index contributed by atoms with van der Waals surface area (Å²) in [5.41, 5.74) is 5.44. The van der Waals surface area contributed by atoms with Gasteiger partial charge < -0.3 is 9.64 Å². The van der Waals surface area contributed by atoms with E-state index >= 15 is 0 Å². The molecule has 1 aromatic carbocycles. The minimum Gasteiger partial charge on any atom is -0.489 e. The van der Waals surface area contributed by atoms with Crippen LogP contribution in [0.2, 0.25) is 0 Å². The summed E-state index contributed by atoms with van der Waals surface area (Å²) in [6.45, 7) is 4.34. The third kappa shape index (κ3) is 3.57. The summed E-state index contributed by atoms with van der Waals surface area (Å²) in [6.07, 6.45) is 7.89. The average Bonchev–Trinajstić information content (AvgIpc) is 3.52. The Morgan fingerprint density at radius 1 is 1.03 bits per heavy atom. The van der Waals surface area contributed by atoms with E-state index in [1.54, 1.807) is 4.90 Å². The number of hydrogen-bond donors (Lipinski definition) is 1. The summed E-state index contributed by atoms with van der Waals surface area (Å²) in [6, 6.07) is 5.37. The maximum Gasteiger partial charge on any atom is 0.255 e. The minimum absolute atomic E-state index is 0.101. The van der Waals surface area contributed by atoms with Crippen LogP contribution in [0, 0.1) is 6.92 Å². The number of nitrogens with one attached hydrogen (secondary N) is 1. The van der Waals surface area contributed by atoms with Gasteiger partial charge in [0.05, 0.1) is 0 Å². The molecular formula is C26H28N4O4. The molecule has 6 rings (SSSR count). The molecule has 8 nitrogen and oxygen atoms in total. The van der Waals surface area contributed by atoms with Gasteiger partial charge in [-0.15, -0.1) is 0 Å². The number of fused-ring (bicyclic) bond motifs is 2. The summed E-state index contributed by atoms with van der Waals surface area (Å²) in [5.74, 6) is -0.0591. The second-order valence-electron chi connectivity index (χ2n) is 9.87. The fourth-order valence-electron chi connectivity index (χ4n) is 5.98. The minimum atomic E-state index is -0.601. The molecule has 8 heteroatoms. The van der Waals surface area contributed by atoms with Crippen molar-refractivity contribution in [3.05, 3.63) is 58.4 Å². The van der Waals surface area contributed by atoms with E-state index < -0.39 is 6.04 Å². The van der Waals surface area contributed by atoms with E-state index in [0.717, 1.165) is 43.7 Å². The Balaban J connectivity index is 1.16. The molecule has 176 valence electrons. The van der Waals surface area contributed by atoms with Crippen LogP contribution in [-0.2, 0) is 29.2 Å². The lowest BCUT2D eigenvalue weighted by Crippen LogP contribution is -2.52. The monoisotopic (exact) mass is 460 g/mol. The van der Waals surface area contributed by atoms with E-state index in [1.807, 2.05) is 30.6 Å². The lowest BCUT2D eigenvalue weighted by atomic mass is 10.0. The van der Waals surface area contributed by atoms with Crippen LogP contribution in [0.1, 0.15) is 64.7 Å². The molecule has 2 aromatic rings. The first kappa shape index (κ1) is 21.3. The van der Waals surface area contributed by atoms with Crippen molar-refractivity contribution in [2.24, 2.45) is 0 Å². The number of carbonyl (C=O) groups is 3. The highest BCUT2D eigenvalue weighted by molar-refractivity contribution is 6.05. The molecule has 2 fully saturated rings. The maximum absolute atomic E-state index is 12.9. The van der Waals surface area contributed by atoms with Crippen molar-refractivity contribution in [1.29, 1.82) is 0 Å². The second-order valence-corrected chi connectivity index (χ2v) is 9.87. The van der Waals surface area contributed by atoms with Gasteiger partial charge in [0.25, 0.3) is 5.91 Å². The molecule has 1 N–H and O–H groups in total. The Kier molecular flexibility index (Phi) is 5.13. The zero-order valence-electron chi connectivity index (χ0n) is 19.3. The largest absolute Gasteiger partial charge is 0.489 e. The predicted molar refractivity (Wildman–Crippen MR) is 123 cm³/mol. The number of benzene rings is 1. The fourth-order valence-corrected chi connectivity index (χ4v) is 5.98. The molecule has 4 aliphatic rings. The zero-order chi connectivity index (χ0) is 23.4. The number of piperidine rings is 1. The molecule has 0 radical (unpaired) electrons. The van der Waals surface area contributed by atoms with E-state index in [-0.39, 0.29) is 30.2 Å². The molecule has 34 heavy (non-hydrogen) atoms. The summed E-state index contributed by atoms with van der Waals surface area (Å²) < 4.78 is 6.49. The molecule has 3 amide bonds. The highest BCUT2D eigenvalue weighted by atomic mass is 16.5. The Morgan fingerprint density at radius 3 is 2.74 bits per heavy atom. The second kappa shape index (κ2) is 8.20. The van der Waals surface area contributed by atoms with Gasteiger partial charge in [-0.05, 0) is 73.1 Å². The molecule has 3 atom stereocenters. The molecule has 4 heterocycles. The summed E-state index contributed by atoms with van der Waals surface area (Å²) in [4.78, 5) is 45.2. The normalized spacial score (nSPS) is 26.6. The summed E-state index contributed by atoms with van der Waals surface area (Å²) >= 11 is 0. The third-order valence-electron chi connectivity index (χ3n) is 7.77. The van der Waals surface area contributed by atoms with Gasteiger partial charge in [0, 0.05) is 50.1 Å². The smallest absolute Gasteiger partial charge is 0.255 e. The molecule has 0 spiro atoms. The molecule has 0 bridgehead atoms. The molecule has 1 saturated heterocycles. The molecule has 1 saturated carbocycles. The standard InChI is InChI=1S/C26H28N4O4/c1-15-10-27-11-17-12-29(14-20(15)17)21-3-2-4-23(21)34-18-5-6-19-16(9-18)13-30(26(19)33)22-7-8-24(31)28-25(22)32/h5-6,9-11,21-23H,2-4,7-8,12-14H2,1H3,(H,28,31,32)/t21-,22?,23+/m1/s1. The van der Waals surface area contributed by atoms with Gasteiger partial charge in [-0.2, -0.15) is 0 Å². The Hall–Kier alpha value is -3.26. The van der Waals surface area contributed by atoms with E-state index in [4.69, 9.17) is 4.74 Å². The van der Waals surface area contributed by atoms with Crippen molar-refractivity contribution in [2.75, 3.05) is 0 Å². The average molecular weight is 461 g/mol. The predicted octanol–water partition coefficient (Wildman–Crippen LogP) is 2.47. The number of amides is 3. The topological polar surface area (TPSA) is 91.8 Å². The van der Waals surface area contributed by atoms with Gasteiger partial charge in [0.15, 0.2) is 0 Å². The summed E-state index contributed by atoms with van der Waals surface area (Å²) in [5, 5.41) is 2.35. The van der Waals surface area contributed by atoms with Crippen molar-refractivity contribution in [2.45, 2.75) is 76.8 Å². The van der Waals surface area contributed by atoms with Crippen molar-refractivity contribution in [3.8, 4) is 5.75 Å². The van der Waals surface area contributed by atoms with Crippen LogP contribution in [0.4, 0.5) is 0 Å². The van der Waals surface area contributed by atoms with Crippen LogP contribution in [0.5, 0.6) is 5.75 Å². The Bertz CT molecular complexity index is 1200. The molecule has 1 aromatic heterocycles. The lowest BCUT2D eigenvalue weighted by molar-refractivity contribution is -0.136. The van der Waals surface area contributed by atoms with Crippen molar-refractivity contribution in [3.63, 3.8) is 0 Å². The van der Waals surface area contributed by atoms with Crippen molar-refractivity contribution in [1.82, 2.24) is 20.1 Å².